The number of benzene rings is 2. The number of hydrogen-bond donors (Lipinski definition) is 1. The van der Waals surface area contributed by atoms with Crippen LogP contribution in [0.4, 0.5) is 5.69 Å². The summed E-state index contributed by atoms with van der Waals surface area (Å²) in [6, 6.07) is 7.76. The van der Waals surface area contributed by atoms with Crippen LogP contribution in [0.2, 0.25) is 0 Å². The zero-order valence-corrected chi connectivity index (χ0v) is 16.2. The summed E-state index contributed by atoms with van der Waals surface area (Å²) in [5.41, 5.74) is 0.788. The maximum Gasteiger partial charge on any atom is 0.283 e. The predicted octanol–water partition coefficient (Wildman–Crippen LogP) is 3.27. The molecule has 2 aromatic carbocycles. The number of nitrogens with one attached hydrogen (secondary N) is 1. The van der Waals surface area contributed by atoms with E-state index >= 15 is 0 Å². The average molecular weight is 392 g/mol. The molecule has 0 fully saturated rings. The van der Waals surface area contributed by atoms with Gasteiger partial charge in [-0.3, -0.25) is 14.9 Å². The Labute approximate surface area is 161 Å². The minimum Gasteiger partial charge on any atom is -0.496 e. The van der Waals surface area contributed by atoms with Crippen LogP contribution < -0.4 is 19.5 Å². The van der Waals surface area contributed by atoms with Crippen LogP contribution in [-0.4, -0.2) is 38.4 Å². The smallest absolute Gasteiger partial charge is 0.283 e. The Hall–Kier alpha value is -2.94. The monoisotopic (exact) mass is 392 g/mol. The van der Waals surface area contributed by atoms with Crippen molar-refractivity contribution in [3.8, 4) is 17.2 Å². The number of ether oxygens (including phenoxy) is 3. The van der Waals surface area contributed by atoms with Crippen LogP contribution in [0.25, 0.3) is 0 Å². The van der Waals surface area contributed by atoms with Gasteiger partial charge in [0.25, 0.3) is 11.6 Å². The Morgan fingerprint density at radius 2 is 1.70 bits per heavy atom. The highest BCUT2D eigenvalue weighted by atomic mass is 32.2. The Morgan fingerprint density at radius 3 is 2.26 bits per heavy atom. The molecule has 0 aliphatic carbocycles. The number of methoxy groups -OCH3 is 3. The molecule has 0 aliphatic rings. The number of rotatable bonds is 8. The lowest BCUT2D eigenvalue weighted by Gasteiger charge is -2.14. The number of amides is 1. The molecule has 0 aromatic heterocycles. The number of thioether (sulfide) groups is 1. The Bertz CT molecular complexity index is 856. The van der Waals surface area contributed by atoms with Gasteiger partial charge in [0.2, 0.25) is 0 Å². The molecule has 0 atom stereocenters. The first-order valence-corrected chi connectivity index (χ1v) is 9.07. The van der Waals surface area contributed by atoms with E-state index < -0.39 is 10.8 Å². The van der Waals surface area contributed by atoms with Gasteiger partial charge in [-0.2, -0.15) is 0 Å². The van der Waals surface area contributed by atoms with Crippen molar-refractivity contribution in [3.63, 3.8) is 0 Å². The third kappa shape index (κ3) is 4.62. The molecular weight excluding hydrogens is 372 g/mol. The molecule has 0 heterocycles. The fourth-order valence-electron chi connectivity index (χ4n) is 2.48. The van der Waals surface area contributed by atoms with Crippen LogP contribution >= 0.6 is 11.8 Å². The standard InChI is InChI=1S/C18H20N2O6S/c1-24-14-9-16(26-3)15(25-2)8-12(14)10-19-18(21)11-5-6-17(27-4)13(7-11)20(22)23/h5-9H,10H2,1-4H3,(H,19,21). The highest BCUT2D eigenvalue weighted by Crippen LogP contribution is 2.34. The van der Waals surface area contributed by atoms with E-state index in [1.54, 1.807) is 30.5 Å². The van der Waals surface area contributed by atoms with Crippen LogP contribution in [0, 0.1) is 10.1 Å². The van der Waals surface area contributed by atoms with Gasteiger partial charge in [0, 0.05) is 29.8 Å². The molecule has 0 saturated heterocycles. The van der Waals surface area contributed by atoms with Crippen molar-refractivity contribution in [3.05, 3.63) is 51.6 Å². The lowest BCUT2D eigenvalue weighted by Crippen LogP contribution is -2.23. The molecule has 9 heteroatoms. The molecule has 1 amide bonds. The second-order valence-electron chi connectivity index (χ2n) is 5.35. The lowest BCUT2D eigenvalue weighted by molar-refractivity contribution is -0.387. The second kappa shape index (κ2) is 9.13. The first-order chi connectivity index (χ1) is 12.9. The number of carbonyl (C=O) groups excluding carboxylic acids is 1. The van der Waals surface area contributed by atoms with Gasteiger partial charge in [0.1, 0.15) is 5.75 Å². The van der Waals surface area contributed by atoms with Crippen molar-refractivity contribution in [1.29, 1.82) is 0 Å². The summed E-state index contributed by atoms with van der Waals surface area (Å²) < 4.78 is 15.8. The quantitative estimate of drug-likeness (QED) is 0.418. The molecule has 2 rings (SSSR count). The molecule has 0 spiro atoms. The van der Waals surface area contributed by atoms with Crippen LogP contribution in [0.5, 0.6) is 17.2 Å². The Kier molecular flexibility index (Phi) is 6.89. The first-order valence-electron chi connectivity index (χ1n) is 7.84. The third-order valence-corrected chi connectivity index (χ3v) is 4.65. The minimum absolute atomic E-state index is 0.0983. The Balaban J connectivity index is 2.23. The van der Waals surface area contributed by atoms with Crippen molar-refractivity contribution in [2.75, 3.05) is 27.6 Å². The van der Waals surface area contributed by atoms with Crippen molar-refractivity contribution in [2.24, 2.45) is 0 Å². The molecule has 8 nitrogen and oxygen atoms in total. The topological polar surface area (TPSA) is 99.9 Å². The van der Waals surface area contributed by atoms with E-state index in [9.17, 15) is 14.9 Å². The van der Waals surface area contributed by atoms with Crippen molar-refractivity contribution in [2.45, 2.75) is 11.4 Å². The van der Waals surface area contributed by atoms with Crippen LogP contribution in [-0.2, 0) is 6.54 Å². The number of carbonyl (C=O) groups is 1. The van der Waals surface area contributed by atoms with Crippen LogP contribution in [0.15, 0.2) is 35.2 Å². The van der Waals surface area contributed by atoms with E-state index in [1.165, 1.54) is 39.2 Å². The van der Waals surface area contributed by atoms with Gasteiger partial charge in [0.05, 0.1) is 31.1 Å². The van der Waals surface area contributed by atoms with E-state index in [0.29, 0.717) is 27.7 Å². The average Bonchev–Trinajstić information content (AvgIpc) is 2.70. The molecule has 1 N–H and O–H groups in total. The number of nitro groups is 1. The summed E-state index contributed by atoms with van der Waals surface area (Å²) in [6.45, 7) is 0.153. The number of hydrogen-bond acceptors (Lipinski definition) is 7. The summed E-state index contributed by atoms with van der Waals surface area (Å²) in [7, 11) is 4.54. The predicted molar refractivity (Wildman–Crippen MR) is 102 cm³/mol. The molecule has 0 unspecified atom stereocenters. The van der Waals surface area contributed by atoms with E-state index in [-0.39, 0.29) is 17.8 Å². The Morgan fingerprint density at radius 1 is 1.07 bits per heavy atom. The number of nitrogens with zero attached hydrogens (tertiary/aromatic N) is 1. The molecule has 2 aromatic rings. The van der Waals surface area contributed by atoms with Gasteiger partial charge < -0.3 is 19.5 Å². The summed E-state index contributed by atoms with van der Waals surface area (Å²) in [5.74, 6) is 1.11. The van der Waals surface area contributed by atoms with E-state index in [0.717, 1.165) is 0 Å². The van der Waals surface area contributed by atoms with Gasteiger partial charge >= 0.3 is 0 Å². The largest absolute Gasteiger partial charge is 0.496 e. The van der Waals surface area contributed by atoms with Gasteiger partial charge in [-0.05, 0) is 24.5 Å². The van der Waals surface area contributed by atoms with Gasteiger partial charge in [0.15, 0.2) is 11.5 Å². The fraction of sp³-hybridized carbons (Fsp3) is 0.278. The minimum atomic E-state index is -0.500. The van der Waals surface area contributed by atoms with E-state index in [4.69, 9.17) is 14.2 Å². The van der Waals surface area contributed by atoms with Crippen LogP contribution in [0.1, 0.15) is 15.9 Å². The summed E-state index contributed by atoms with van der Waals surface area (Å²) in [5, 5.41) is 13.9. The molecule has 0 saturated carbocycles. The SMILES string of the molecule is COc1cc(OC)c(OC)cc1CNC(=O)c1ccc(SC)c([N+](=O)[O-])c1. The van der Waals surface area contributed by atoms with Crippen molar-refractivity contribution in [1.82, 2.24) is 5.32 Å². The van der Waals surface area contributed by atoms with E-state index in [2.05, 4.69) is 5.32 Å². The van der Waals surface area contributed by atoms with Crippen molar-refractivity contribution >= 4 is 23.4 Å². The molecular formula is C18H20N2O6S. The lowest BCUT2D eigenvalue weighted by atomic mass is 10.1. The highest BCUT2D eigenvalue weighted by Gasteiger charge is 2.18. The van der Waals surface area contributed by atoms with Gasteiger partial charge in [-0.25, -0.2) is 0 Å². The molecule has 27 heavy (non-hydrogen) atoms. The zero-order chi connectivity index (χ0) is 20.0. The summed E-state index contributed by atoms with van der Waals surface area (Å²) in [4.78, 5) is 23.6. The van der Waals surface area contributed by atoms with Crippen LogP contribution in [0.3, 0.4) is 0 Å². The third-order valence-electron chi connectivity index (χ3n) is 3.86. The van der Waals surface area contributed by atoms with E-state index in [1.807, 2.05) is 0 Å². The molecule has 0 radical (unpaired) electrons. The van der Waals surface area contributed by atoms with Gasteiger partial charge in [-0.1, -0.05) is 0 Å². The fourth-order valence-corrected chi connectivity index (χ4v) is 3.03. The maximum absolute atomic E-state index is 12.4. The number of nitro benzene ring substituents is 1. The second-order valence-corrected chi connectivity index (χ2v) is 6.19. The first kappa shape index (κ1) is 20.4. The maximum atomic E-state index is 12.4. The highest BCUT2D eigenvalue weighted by molar-refractivity contribution is 7.98. The zero-order valence-electron chi connectivity index (χ0n) is 15.4. The summed E-state index contributed by atoms with van der Waals surface area (Å²) >= 11 is 1.25. The molecule has 0 bridgehead atoms. The molecule has 0 aliphatic heterocycles. The molecule has 144 valence electrons. The summed E-state index contributed by atoms with van der Waals surface area (Å²) in [6.07, 6.45) is 1.74. The van der Waals surface area contributed by atoms with Gasteiger partial charge in [-0.15, -0.1) is 11.8 Å². The normalized spacial score (nSPS) is 10.2. The van der Waals surface area contributed by atoms with Crippen molar-refractivity contribution < 1.29 is 23.9 Å².